The van der Waals surface area contributed by atoms with E-state index in [2.05, 4.69) is 0 Å². The summed E-state index contributed by atoms with van der Waals surface area (Å²) in [6.07, 6.45) is 10.8. The zero-order valence-corrected chi connectivity index (χ0v) is 16.9. The average Bonchev–Trinajstić information content (AvgIpc) is 2.82. The van der Waals surface area contributed by atoms with Gasteiger partial charge >= 0.3 is 0 Å². The number of fused-ring (bicyclic) bond motifs is 4. The Bertz CT molecular complexity index is 1310. The molecule has 0 unspecified atom stereocenters. The molecule has 32 heavy (non-hydrogen) atoms. The van der Waals surface area contributed by atoms with Gasteiger partial charge in [-0.15, -0.1) is 0 Å². The van der Waals surface area contributed by atoms with Crippen molar-refractivity contribution in [2.75, 3.05) is 0 Å². The molecular weight excluding hydrogens is 400 g/mol. The molecule has 4 nitrogen and oxygen atoms in total. The number of carbonyl (C=O) groups excluding carboxylic acids is 4. The summed E-state index contributed by atoms with van der Waals surface area (Å²) in [5.74, 6) is 0. The predicted molar refractivity (Wildman–Crippen MR) is 127 cm³/mol. The van der Waals surface area contributed by atoms with Crippen molar-refractivity contribution in [1.29, 1.82) is 0 Å². The van der Waals surface area contributed by atoms with Gasteiger partial charge in [-0.3, -0.25) is 19.2 Å². The van der Waals surface area contributed by atoms with E-state index in [0.717, 1.165) is 43.8 Å². The van der Waals surface area contributed by atoms with E-state index in [0.29, 0.717) is 47.4 Å². The first-order valence-corrected chi connectivity index (χ1v) is 10.0. The van der Waals surface area contributed by atoms with E-state index in [4.69, 9.17) is 0 Å². The average molecular weight is 416 g/mol. The molecule has 1 aliphatic rings. The summed E-state index contributed by atoms with van der Waals surface area (Å²) in [7, 11) is 0. The highest BCUT2D eigenvalue weighted by atomic mass is 16.1. The second-order valence-electron chi connectivity index (χ2n) is 7.76. The van der Waals surface area contributed by atoms with Crippen molar-refractivity contribution in [1.82, 2.24) is 0 Å². The molecule has 0 spiro atoms. The van der Waals surface area contributed by atoms with Gasteiger partial charge in [-0.1, -0.05) is 24.3 Å². The molecule has 4 heteroatoms. The van der Waals surface area contributed by atoms with Crippen molar-refractivity contribution in [2.24, 2.45) is 0 Å². The summed E-state index contributed by atoms with van der Waals surface area (Å²) < 4.78 is 0. The molecule has 0 saturated carbocycles. The van der Waals surface area contributed by atoms with Crippen LogP contribution in [0, 0.1) is 0 Å². The highest BCUT2D eigenvalue weighted by Gasteiger charge is 2.11. The van der Waals surface area contributed by atoms with Crippen molar-refractivity contribution in [2.45, 2.75) is 0 Å². The van der Waals surface area contributed by atoms with E-state index in [1.54, 1.807) is 24.3 Å². The van der Waals surface area contributed by atoms with Crippen LogP contribution in [0.4, 0.5) is 0 Å². The molecule has 0 amide bonds. The summed E-state index contributed by atoms with van der Waals surface area (Å²) in [5.41, 5.74) is 5.43. The Kier molecular flexibility index (Phi) is 4.68. The summed E-state index contributed by atoms with van der Waals surface area (Å²) in [4.78, 5) is 45.3. The largest absolute Gasteiger partial charge is 0.298 e. The number of hydrogen-bond acceptors (Lipinski definition) is 4. The second-order valence-corrected chi connectivity index (χ2v) is 7.76. The fourth-order valence-corrected chi connectivity index (χ4v) is 4.18. The minimum atomic E-state index is 0.371. The Labute approximate surface area is 183 Å². The van der Waals surface area contributed by atoms with Crippen LogP contribution in [0.15, 0.2) is 48.5 Å². The third kappa shape index (κ3) is 3.19. The molecule has 0 aliphatic heterocycles. The van der Waals surface area contributed by atoms with Crippen LogP contribution in [0.3, 0.4) is 0 Å². The molecule has 0 saturated heterocycles. The molecule has 0 atom stereocenters. The maximum atomic E-state index is 11.3. The number of carbonyl (C=O) groups is 4. The Morgan fingerprint density at radius 3 is 0.750 bits per heavy atom. The molecule has 4 aromatic rings. The topological polar surface area (TPSA) is 68.3 Å². The van der Waals surface area contributed by atoms with Crippen molar-refractivity contribution in [3.8, 4) is 0 Å². The molecule has 4 aromatic carbocycles. The quantitative estimate of drug-likeness (QED) is 0.342. The van der Waals surface area contributed by atoms with Gasteiger partial charge < -0.3 is 0 Å². The first-order valence-electron chi connectivity index (χ1n) is 10.0. The van der Waals surface area contributed by atoms with Crippen LogP contribution in [0.2, 0.25) is 0 Å². The zero-order chi connectivity index (χ0) is 22.2. The van der Waals surface area contributed by atoms with Crippen LogP contribution in [-0.4, -0.2) is 25.1 Å². The molecule has 5 rings (SSSR count). The van der Waals surface area contributed by atoms with Crippen LogP contribution >= 0.6 is 0 Å². The van der Waals surface area contributed by atoms with Gasteiger partial charge in [0.15, 0.2) is 25.1 Å². The molecule has 0 fully saturated rings. The maximum absolute atomic E-state index is 11.3. The van der Waals surface area contributed by atoms with E-state index in [1.165, 1.54) is 0 Å². The highest BCUT2D eigenvalue weighted by molar-refractivity contribution is 6.03. The van der Waals surface area contributed by atoms with Crippen LogP contribution in [0.5, 0.6) is 0 Å². The number of hydrogen-bond donors (Lipinski definition) is 0. The van der Waals surface area contributed by atoms with E-state index < -0.39 is 0 Å². The van der Waals surface area contributed by atoms with Crippen LogP contribution in [0.1, 0.15) is 63.7 Å². The van der Waals surface area contributed by atoms with Crippen LogP contribution in [-0.2, 0) is 0 Å². The van der Waals surface area contributed by atoms with Crippen molar-refractivity contribution in [3.05, 3.63) is 93.0 Å². The van der Waals surface area contributed by atoms with Gasteiger partial charge in [-0.25, -0.2) is 0 Å². The molecular formula is C28H16O4. The van der Waals surface area contributed by atoms with E-state index in [9.17, 15) is 19.2 Å². The van der Waals surface area contributed by atoms with Gasteiger partial charge in [-0.2, -0.15) is 0 Å². The van der Waals surface area contributed by atoms with E-state index >= 15 is 0 Å². The van der Waals surface area contributed by atoms with Crippen molar-refractivity contribution < 1.29 is 19.2 Å². The lowest BCUT2D eigenvalue weighted by Gasteiger charge is -2.12. The minimum absolute atomic E-state index is 0.371. The molecule has 152 valence electrons. The Balaban J connectivity index is 1.68. The molecule has 1 aliphatic carbocycles. The number of benzene rings is 4. The van der Waals surface area contributed by atoms with Gasteiger partial charge in [0.1, 0.15) is 0 Å². The van der Waals surface area contributed by atoms with Gasteiger partial charge in [0, 0.05) is 22.3 Å². The van der Waals surface area contributed by atoms with Gasteiger partial charge in [0.05, 0.1) is 0 Å². The fraction of sp³-hybridized carbons (Fsp3) is 0. The van der Waals surface area contributed by atoms with Crippen LogP contribution in [0.25, 0.3) is 45.8 Å². The molecule has 0 heterocycles. The second kappa shape index (κ2) is 7.67. The monoisotopic (exact) mass is 416 g/mol. The summed E-state index contributed by atoms with van der Waals surface area (Å²) in [6, 6.07) is 14.9. The fourth-order valence-electron chi connectivity index (χ4n) is 4.18. The van der Waals surface area contributed by atoms with Gasteiger partial charge in [-0.05, 0) is 92.3 Å². The summed E-state index contributed by atoms with van der Waals surface area (Å²) in [5, 5.41) is 3.52. The lowest BCUT2D eigenvalue weighted by atomic mass is 9.92. The third-order valence-electron chi connectivity index (χ3n) is 5.88. The van der Waals surface area contributed by atoms with Crippen molar-refractivity contribution >= 4 is 71.0 Å². The Morgan fingerprint density at radius 2 is 0.562 bits per heavy atom. The molecule has 0 bridgehead atoms. The molecule has 0 radical (unpaired) electrons. The van der Waals surface area contributed by atoms with Gasteiger partial charge in [0.2, 0.25) is 0 Å². The lowest BCUT2D eigenvalue weighted by Crippen LogP contribution is -1.94. The van der Waals surface area contributed by atoms with E-state index in [-0.39, 0.29) is 0 Å². The maximum Gasteiger partial charge on any atom is 0.150 e. The normalized spacial score (nSPS) is 14.0. The number of rotatable bonds is 4. The minimum Gasteiger partial charge on any atom is -0.298 e. The first kappa shape index (κ1) is 19.5. The Hall–Kier alpha value is -4.44. The zero-order valence-electron chi connectivity index (χ0n) is 16.9. The summed E-state index contributed by atoms with van der Waals surface area (Å²) >= 11 is 0. The third-order valence-corrected chi connectivity index (χ3v) is 5.88. The first-order chi connectivity index (χ1) is 15.6. The predicted octanol–water partition coefficient (Wildman–Crippen LogP) is 5.90. The van der Waals surface area contributed by atoms with Crippen LogP contribution < -0.4 is 0 Å². The standard InChI is InChI=1S/C28H16O4/c29-13-25-9-21-5-17-1-2-18-6-22-10-26(14-30)28(16-32)12-24(22)8-20(18)4-3-19(17)7-23(21)11-27(25)15-31/h1-16H/b2-1-,4-3-,17-1?,18-2?,19-3?,20-4?. The SMILES string of the molecule is O=Cc1cc2cc3c(cc2cc1C=O)/C=C\c1cc2cc(C=O)c(C=O)cc2cc1/C=C\3. The number of aldehydes is 4. The molecule has 0 aromatic heterocycles. The Morgan fingerprint density at radius 1 is 0.344 bits per heavy atom. The molecule has 0 N–H and O–H groups in total. The van der Waals surface area contributed by atoms with E-state index in [1.807, 2.05) is 48.6 Å². The van der Waals surface area contributed by atoms with Crippen molar-refractivity contribution in [3.63, 3.8) is 0 Å². The van der Waals surface area contributed by atoms with Gasteiger partial charge in [0.25, 0.3) is 0 Å². The lowest BCUT2D eigenvalue weighted by molar-refractivity contribution is 0.109. The highest BCUT2D eigenvalue weighted by Crippen LogP contribution is 2.31. The summed E-state index contributed by atoms with van der Waals surface area (Å²) in [6.45, 7) is 0. The smallest absolute Gasteiger partial charge is 0.150 e.